The Kier molecular flexibility index (Phi) is 11.9. The molecule has 30 heavy (non-hydrogen) atoms. The highest BCUT2D eigenvalue weighted by Crippen LogP contribution is 2.26. The lowest BCUT2D eigenvalue weighted by atomic mass is 10.2. The molecule has 2 unspecified atom stereocenters. The first-order valence-corrected chi connectivity index (χ1v) is 10.2. The van der Waals surface area contributed by atoms with Gasteiger partial charge in [-0.25, -0.2) is 8.42 Å². The van der Waals surface area contributed by atoms with E-state index >= 15 is 0 Å². The van der Waals surface area contributed by atoms with E-state index in [1.807, 2.05) is 38.1 Å². The average molecular weight is 450 g/mol. The fourth-order valence-corrected chi connectivity index (χ4v) is 2.58. The zero-order valence-electron chi connectivity index (χ0n) is 16.9. The molecule has 2 rings (SSSR count). The molecule has 11 N–H and O–H groups in total. The Morgan fingerprint density at radius 1 is 1.40 bits per heavy atom. The first-order valence-electron chi connectivity index (χ1n) is 8.88. The summed E-state index contributed by atoms with van der Waals surface area (Å²) in [4.78, 5) is 6.21. The largest absolute Gasteiger partial charge is 0.726 e. The van der Waals surface area contributed by atoms with Gasteiger partial charge in [0.05, 0.1) is 6.04 Å². The molecule has 2 aromatic rings. The number of nitrogens with one attached hydrogen (secondary N) is 3. The molecule has 0 radical (unpaired) electrons. The number of rotatable bonds is 9. The third kappa shape index (κ3) is 12.2. The molecule has 0 aliphatic rings. The number of aliphatic hydroxyl groups excluding tert-OH is 1. The van der Waals surface area contributed by atoms with Crippen molar-refractivity contribution in [2.45, 2.75) is 32.4 Å². The summed E-state index contributed by atoms with van der Waals surface area (Å²) < 4.78 is 38.6. The van der Waals surface area contributed by atoms with E-state index in [4.69, 9.17) is 33.7 Å². The molecule has 12 nitrogen and oxygen atoms in total. The lowest BCUT2D eigenvalue weighted by molar-refractivity contribution is -0.500. The van der Waals surface area contributed by atoms with Crippen molar-refractivity contribution in [1.82, 2.24) is 10.3 Å². The third-order valence-electron chi connectivity index (χ3n) is 3.74. The molecule has 0 aliphatic carbocycles. The van der Waals surface area contributed by atoms with Gasteiger partial charge in [-0.15, -0.1) is 0 Å². The third-order valence-corrected chi connectivity index (χ3v) is 3.74. The van der Waals surface area contributed by atoms with Crippen LogP contribution in [-0.4, -0.2) is 70.9 Å². The SMILES string of the molecule is Cc1cc2c(OCC(O)CNCCC(C)[NH+]=C(N)N)cccc2[nH]1.O.O=S(=O)([O-])O. The molecule has 2 atom stereocenters. The predicted molar refractivity (Wildman–Crippen MR) is 112 cm³/mol. The van der Waals surface area contributed by atoms with Gasteiger partial charge in [-0.1, -0.05) is 6.07 Å². The molecular weight excluding hydrogens is 418 g/mol. The number of ether oxygens (including phenoxy) is 1. The highest BCUT2D eigenvalue weighted by atomic mass is 32.3. The van der Waals surface area contributed by atoms with Crippen LogP contribution >= 0.6 is 0 Å². The van der Waals surface area contributed by atoms with Gasteiger partial charge in [-0.3, -0.25) is 21.0 Å². The number of nitrogens with two attached hydrogens (primary N) is 2. The van der Waals surface area contributed by atoms with Crippen LogP contribution in [-0.2, 0) is 10.4 Å². The number of hydrogen-bond donors (Lipinski definition) is 7. The lowest BCUT2D eigenvalue weighted by Crippen LogP contribution is -2.83. The molecule has 1 heterocycles. The number of benzene rings is 1. The number of hydrogen-bond acceptors (Lipinski definition) is 6. The molecule has 1 aromatic carbocycles. The maximum Gasteiger partial charge on any atom is 0.338 e. The van der Waals surface area contributed by atoms with Crippen LogP contribution in [0.1, 0.15) is 19.0 Å². The zero-order valence-corrected chi connectivity index (χ0v) is 17.7. The van der Waals surface area contributed by atoms with E-state index in [9.17, 15) is 5.11 Å². The summed E-state index contributed by atoms with van der Waals surface area (Å²) in [5.74, 6) is 1.01. The lowest BCUT2D eigenvalue weighted by Gasteiger charge is -2.14. The van der Waals surface area contributed by atoms with E-state index in [1.165, 1.54) is 0 Å². The molecule has 0 saturated carbocycles. The Bertz CT molecular complexity index is 889. The minimum atomic E-state index is -4.92. The fourth-order valence-electron chi connectivity index (χ4n) is 2.58. The summed E-state index contributed by atoms with van der Waals surface area (Å²) in [6.45, 7) is 5.48. The van der Waals surface area contributed by atoms with Gasteiger partial charge in [-0.2, -0.15) is 0 Å². The number of H-pyrrole nitrogens is 1. The van der Waals surface area contributed by atoms with Gasteiger partial charge < -0.3 is 30.2 Å². The summed E-state index contributed by atoms with van der Waals surface area (Å²) in [7, 11) is -4.92. The summed E-state index contributed by atoms with van der Waals surface area (Å²) in [6.07, 6.45) is 0.280. The summed E-state index contributed by atoms with van der Waals surface area (Å²) >= 11 is 0. The smallest absolute Gasteiger partial charge is 0.338 e. The Hall–Kier alpha value is -2.42. The standard InChI is InChI=1S/C17H27N5O2.H2O4S.H2O/c1-11(22-17(18)19)6-7-20-9-13(23)10-24-16-5-3-4-15-14(16)8-12(2)21-15;1-5(2,3)4;/h3-5,8,11,13,20-21,23H,6-7,9-10H2,1-2H3,(H4,18,19,22);(H2,1,2,3,4);1H2. The molecule has 172 valence electrons. The van der Waals surface area contributed by atoms with Crippen LogP contribution < -0.4 is 26.5 Å². The topological polar surface area (TPSA) is 232 Å². The number of aromatic nitrogens is 1. The molecule has 13 heteroatoms. The zero-order chi connectivity index (χ0) is 22.0. The van der Waals surface area contributed by atoms with Crippen LogP contribution in [0.15, 0.2) is 24.3 Å². The summed E-state index contributed by atoms with van der Waals surface area (Å²) in [6, 6.07) is 8.09. The van der Waals surface area contributed by atoms with Crippen molar-refractivity contribution in [3.63, 3.8) is 0 Å². The van der Waals surface area contributed by atoms with Crippen LogP contribution in [0.4, 0.5) is 0 Å². The van der Waals surface area contributed by atoms with E-state index < -0.39 is 16.5 Å². The number of guanidine groups is 1. The van der Waals surface area contributed by atoms with Gasteiger partial charge in [0.1, 0.15) is 18.5 Å². The van der Waals surface area contributed by atoms with E-state index in [0.29, 0.717) is 6.54 Å². The van der Waals surface area contributed by atoms with E-state index in [1.54, 1.807) is 0 Å². The minimum absolute atomic E-state index is 0. The molecule has 0 aliphatic heterocycles. The van der Waals surface area contributed by atoms with Crippen molar-refractivity contribution < 1.29 is 37.8 Å². The Labute approximate surface area is 175 Å². The van der Waals surface area contributed by atoms with Crippen LogP contribution in [0.25, 0.3) is 10.9 Å². The fraction of sp³-hybridized carbons (Fsp3) is 0.471. The van der Waals surface area contributed by atoms with Crippen molar-refractivity contribution in [1.29, 1.82) is 0 Å². The average Bonchev–Trinajstić information content (AvgIpc) is 2.95. The molecule has 1 aromatic heterocycles. The molecule has 0 saturated heterocycles. The van der Waals surface area contributed by atoms with Crippen LogP contribution in [0.5, 0.6) is 5.75 Å². The normalized spacial score (nSPS) is 12.8. The van der Waals surface area contributed by atoms with Crippen molar-refractivity contribution in [3.8, 4) is 5.75 Å². The van der Waals surface area contributed by atoms with Gasteiger partial charge >= 0.3 is 5.96 Å². The van der Waals surface area contributed by atoms with Crippen molar-refractivity contribution in [3.05, 3.63) is 30.0 Å². The van der Waals surface area contributed by atoms with E-state index in [-0.39, 0.29) is 24.1 Å². The Morgan fingerprint density at radius 2 is 2.03 bits per heavy atom. The van der Waals surface area contributed by atoms with Crippen molar-refractivity contribution >= 4 is 27.3 Å². The van der Waals surface area contributed by atoms with E-state index in [2.05, 4.69) is 15.3 Å². The first kappa shape index (κ1) is 27.6. The second kappa shape index (κ2) is 13.0. The molecule has 0 spiro atoms. The minimum Gasteiger partial charge on any atom is -0.726 e. The summed E-state index contributed by atoms with van der Waals surface area (Å²) in [5, 5.41) is 14.3. The van der Waals surface area contributed by atoms with Crippen molar-refractivity contribution in [2.24, 2.45) is 11.5 Å². The van der Waals surface area contributed by atoms with Crippen LogP contribution in [0, 0.1) is 6.92 Å². The van der Waals surface area contributed by atoms with Gasteiger partial charge in [0.15, 0.2) is 0 Å². The summed E-state index contributed by atoms with van der Waals surface area (Å²) in [5.41, 5.74) is 12.9. The maximum atomic E-state index is 10.0. The predicted octanol–water partition coefficient (Wildman–Crippen LogP) is -2.88. The molecule has 0 fully saturated rings. The Morgan fingerprint density at radius 3 is 2.63 bits per heavy atom. The number of fused-ring (bicyclic) bond motifs is 1. The highest BCUT2D eigenvalue weighted by Gasteiger charge is 2.09. The van der Waals surface area contributed by atoms with Gasteiger partial charge in [0, 0.05) is 23.1 Å². The van der Waals surface area contributed by atoms with Crippen molar-refractivity contribution in [2.75, 3.05) is 19.7 Å². The van der Waals surface area contributed by atoms with Gasteiger partial charge in [-0.05, 0) is 45.0 Å². The Balaban J connectivity index is 0.00000125. The van der Waals surface area contributed by atoms with E-state index in [0.717, 1.165) is 35.3 Å². The highest BCUT2D eigenvalue weighted by molar-refractivity contribution is 7.79. The maximum absolute atomic E-state index is 10.0. The van der Waals surface area contributed by atoms with Crippen LogP contribution in [0.2, 0.25) is 0 Å². The van der Waals surface area contributed by atoms with Gasteiger partial charge in [0.25, 0.3) is 0 Å². The number of aryl methyl sites for hydroxylation is 1. The molecule has 0 amide bonds. The van der Waals surface area contributed by atoms with Crippen LogP contribution in [0.3, 0.4) is 0 Å². The van der Waals surface area contributed by atoms with Gasteiger partial charge in [0.2, 0.25) is 10.4 Å². The second-order valence-electron chi connectivity index (χ2n) is 6.56. The number of aromatic amines is 1. The molecule has 0 bridgehead atoms. The number of aliphatic hydroxyl groups is 1. The first-order chi connectivity index (χ1) is 13.5. The monoisotopic (exact) mass is 449 g/mol. The molecular formula is C17H31N5O7S. The second-order valence-corrected chi connectivity index (χ2v) is 7.41. The quantitative estimate of drug-likeness (QED) is 0.0683.